The Morgan fingerprint density at radius 1 is 1.42 bits per heavy atom. The second kappa shape index (κ2) is 13.1. The van der Waals surface area contributed by atoms with Crippen LogP contribution in [0.5, 0.6) is 0 Å². The van der Waals surface area contributed by atoms with Crippen LogP contribution in [0.3, 0.4) is 0 Å². The van der Waals surface area contributed by atoms with Crippen LogP contribution in [0.1, 0.15) is 33.6 Å². The zero-order chi connectivity index (χ0) is 9.82. The van der Waals surface area contributed by atoms with E-state index in [9.17, 15) is 0 Å². The minimum atomic E-state index is 0.940. The molecular formula is C11H19Cl. The lowest BCUT2D eigenvalue weighted by Crippen LogP contribution is -1.58. The highest BCUT2D eigenvalue weighted by Gasteiger charge is 1.76. The summed E-state index contributed by atoms with van der Waals surface area (Å²) in [5.41, 5.74) is 0. The van der Waals surface area contributed by atoms with Crippen LogP contribution in [0.2, 0.25) is 0 Å². The molecule has 12 heavy (non-hydrogen) atoms. The molecule has 0 amide bonds. The molecule has 0 N–H and O–H groups in total. The van der Waals surface area contributed by atoms with Crippen LogP contribution in [0.4, 0.5) is 0 Å². The zero-order valence-corrected chi connectivity index (χ0v) is 9.06. The molecule has 0 bridgehead atoms. The molecule has 0 spiro atoms. The van der Waals surface area contributed by atoms with E-state index in [4.69, 9.17) is 11.6 Å². The largest absolute Gasteiger partial charge is 0.0991 e. The lowest BCUT2D eigenvalue weighted by atomic mass is 10.4. The van der Waals surface area contributed by atoms with Gasteiger partial charge in [-0.3, -0.25) is 0 Å². The molecule has 0 unspecified atom stereocenters. The van der Waals surface area contributed by atoms with Crippen molar-refractivity contribution in [2.75, 3.05) is 0 Å². The summed E-state index contributed by atoms with van der Waals surface area (Å²) >= 11 is 5.51. The molecule has 0 aromatic carbocycles. The molecule has 70 valence electrons. The minimum Gasteiger partial charge on any atom is -0.0991 e. The van der Waals surface area contributed by atoms with Crippen LogP contribution in [-0.2, 0) is 0 Å². The van der Waals surface area contributed by atoms with E-state index in [1.807, 2.05) is 26.0 Å². The molecule has 0 heterocycles. The number of allylic oxidation sites excluding steroid dienone is 5. The molecule has 0 aliphatic rings. The first-order chi connectivity index (χ1) is 5.72. The maximum atomic E-state index is 5.51. The van der Waals surface area contributed by atoms with Gasteiger partial charge in [-0.25, -0.2) is 0 Å². The van der Waals surface area contributed by atoms with Crippen LogP contribution < -0.4 is 0 Å². The van der Waals surface area contributed by atoms with Gasteiger partial charge in [0.05, 0.1) is 0 Å². The first kappa shape index (κ1) is 14.1. The Labute approximate surface area is 81.6 Å². The van der Waals surface area contributed by atoms with Crippen LogP contribution in [0.25, 0.3) is 0 Å². The number of hydrogen-bond donors (Lipinski definition) is 0. The van der Waals surface area contributed by atoms with E-state index in [0.717, 1.165) is 17.9 Å². The summed E-state index contributed by atoms with van der Waals surface area (Å²) in [6.45, 7) is 9.58. The summed E-state index contributed by atoms with van der Waals surface area (Å²) in [4.78, 5) is 0. The third-order valence-corrected chi connectivity index (χ3v) is 1.64. The van der Waals surface area contributed by atoms with Crippen molar-refractivity contribution in [3.63, 3.8) is 0 Å². The van der Waals surface area contributed by atoms with E-state index in [0.29, 0.717) is 0 Å². The molecule has 0 saturated heterocycles. The Kier molecular flexibility index (Phi) is 15.4. The van der Waals surface area contributed by atoms with Gasteiger partial charge in [0.1, 0.15) is 0 Å². The van der Waals surface area contributed by atoms with Gasteiger partial charge in [0.25, 0.3) is 0 Å². The molecule has 0 saturated carbocycles. The van der Waals surface area contributed by atoms with Crippen molar-refractivity contribution in [2.45, 2.75) is 33.6 Å². The molecule has 1 heteroatoms. The number of hydrogen-bond acceptors (Lipinski definition) is 0. The smallest absolute Gasteiger partial charge is 0.0135 e. The van der Waals surface area contributed by atoms with E-state index in [2.05, 4.69) is 19.6 Å². The van der Waals surface area contributed by atoms with Crippen molar-refractivity contribution < 1.29 is 0 Å². The first-order valence-electron chi connectivity index (χ1n) is 4.31. The summed E-state index contributed by atoms with van der Waals surface area (Å²) in [5.74, 6) is 0. The molecule has 0 aliphatic carbocycles. The Bertz CT molecular complexity index is 143. The highest BCUT2D eigenvalue weighted by molar-refractivity contribution is 6.29. The molecular weight excluding hydrogens is 168 g/mol. The lowest BCUT2D eigenvalue weighted by Gasteiger charge is -1.81. The average Bonchev–Trinajstić information content (AvgIpc) is 2.14. The van der Waals surface area contributed by atoms with Gasteiger partial charge in [0, 0.05) is 5.03 Å². The van der Waals surface area contributed by atoms with Gasteiger partial charge in [0.15, 0.2) is 0 Å². The maximum Gasteiger partial charge on any atom is 0.0135 e. The van der Waals surface area contributed by atoms with Gasteiger partial charge in [-0.1, -0.05) is 56.3 Å². The zero-order valence-electron chi connectivity index (χ0n) is 8.31. The summed E-state index contributed by atoms with van der Waals surface area (Å²) in [7, 11) is 0. The molecule has 0 aliphatic heterocycles. The Balaban J connectivity index is 0. The fourth-order valence-electron chi connectivity index (χ4n) is 0.436. The Morgan fingerprint density at radius 3 is 2.08 bits per heavy atom. The van der Waals surface area contributed by atoms with Crippen molar-refractivity contribution in [1.82, 2.24) is 0 Å². The van der Waals surface area contributed by atoms with E-state index >= 15 is 0 Å². The van der Waals surface area contributed by atoms with E-state index in [-0.39, 0.29) is 0 Å². The highest BCUT2D eigenvalue weighted by Crippen LogP contribution is 2.03. The maximum absolute atomic E-state index is 5.51. The second-order valence-corrected chi connectivity index (χ2v) is 2.65. The van der Waals surface area contributed by atoms with Crippen molar-refractivity contribution in [3.05, 3.63) is 35.9 Å². The van der Waals surface area contributed by atoms with Crippen LogP contribution in [0, 0.1) is 0 Å². The van der Waals surface area contributed by atoms with E-state index in [1.54, 1.807) is 6.08 Å². The van der Waals surface area contributed by atoms with Gasteiger partial charge >= 0.3 is 0 Å². The quantitative estimate of drug-likeness (QED) is 0.562. The fourth-order valence-corrected chi connectivity index (χ4v) is 0.436. The van der Waals surface area contributed by atoms with Crippen LogP contribution >= 0.6 is 11.6 Å². The van der Waals surface area contributed by atoms with Crippen molar-refractivity contribution in [2.24, 2.45) is 0 Å². The Hall–Kier alpha value is -0.490. The van der Waals surface area contributed by atoms with Crippen LogP contribution in [-0.4, -0.2) is 0 Å². The molecule has 0 fully saturated rings. The Morgan fingerprint density at radius 2 is 2.00 bits per heavy atom. The molecule has 0 rings (SSSR count). The van der Waals surface area contributed by atoms with E-state index in [1.165, 1.54) is 0 Å². The topological polar surface area (TPSA) is 0 Å². The van der Waals surface area contributed by atoms with Crippen LogP contribution in [0.15, 0.2) is 35.9 Å². The SMILES string of the molecule is C/C=C(/Cl)CC.C=C/C=C/CC. The summed E-state index contributed by atoms with van der Waals surface area (Å²) < 4.78 is 0. The van der Waals surface area contributed by atoms with Gasteiger partial charge in [-0.05, 0) is 19.8 Å². The van der Waals surface area contributed by atoms with Gasteiger partial charge in [0.2, 0.25) is 0 Å². The predicted octanol–water partition coefficient (Wildman–Crippen LogP) is 4.68. The first-order valence-corrected chi connectivity index (χ1v) is 4.68. The number of halogens is 1. The third kappa shape index (κ3) is 16.3. The molecule has 0 radical (unpaired) electrons. The second-order valence-electron chi connectivity index (χ2n) is 2.16. The third-order valence-electron chi connectivity index (χ3n) is 1.16. The van der Waals surface area contributed by atoms with Crippen molar-refractivity contribution in [3.8, 4) is 0 Å². The standard InChI is InChI=1S/C6H10.C5H9Cl/c1-3-5-6-4-2;1-3-5(6)4-2/h3,5-6H,1,4H2,2H3;3H,4H2,1-2H3/b6-5+;5-3+. The molecule has 0 aromatic rings. The van der Waals surface area contributed by atoms with Gasteiger partial charge in [-0.2, -0.15) is 0 Å². The molecule has 0 atom stereocenters. The van der Waals surface area contributed by atoms with Crippen molar-refractivity contribution in [1.29, 1.82) is 0 Å². The normalized spacial score (nSPS) is 10.8. The molecule has 0 aromatic heterocycles. The average molecular weight is 187 g/mol. The summed E-state index contributed by atoms with van der Waals surface area (Å²) in [5, 5.41) is 0.940. The lowest BCUT2D eigenvalue weighted by molar-refractivity contribution is 1.19. The van der Waals surface area contributed by atoms with Crippen molar-refractivity contribution >= 4 is 11.6 Å². The number of rotatable bonds is 3. The summed E-state index contributed by atoms with van der Waals surface area (Å²) in [6, 6.07) is 0. The fraction of sp³-hybridized carbons (Fsp3) is 0.455. The van der Waals surface area contributed by atoms with E-state index < -0.39 is 0 Å². The highest BCUT2D eigenvalue weighted by atomic mass is 35.5. The van der Waals surface area contributed by atoms with Gasteiger partial charge < -0.3 is 0 Å². The minimum absolute atomic E-state index is 0.940. The predicted molar refractivity (Wildman–Crippen MR) is 59.5 cm³/mol. The monoisotopic (exact) mass is 186 g/mol. The summed E-state index contributed by atoms with van der Waals surface area (Å²) in [6.07, 6.45) is 9.75. The molecule has 0 nitrogen and oxygen atoms in total. The van der Waals surface area contributed by atoms with Gasteiger partial charge in [-0.15, -0.1) is 0 Å².